The maximum Gasteiger partial charge on any atom is 0.256 e. The van der Waals surface area contributed by atoms with Gasteiger partial charge in [0.15, 0.2) is 5.78 Å². The highest BCUT2D eigenvalue weighted by Gasteiger charge is 2.27. The number of fused-ring (bicyclic) bond motifs is 1. The van der Waals surface area contributed by atoms with Crippen molar-refractivity contribution in [2.24, 2.45) is 0 Å². The Morgan fingerprint density at radius 2 is 2.14 bits per heavy atom. The number of hydrogen-bond donors (Lipinski definition) is 1. The molecule has 104 valence electrons. The van der Waals surface area contributed by atoms with E-state index >= 15 is 0 Å². The van der Waals surface area contributed by atoms with Crippen LogP contribution >= 0.6 is 27.5 Å². The third-order valence-corrected chi connectivity index (χ3v) is 3.79. The zero-order valence-electron chi connectivity index (χ0n) is 10.6. The number of allylic oxidation sites excluding steroid dienone is 1. The molecule has 0 saturated carbocycles. The summed E-state index contributed by atoms with van der Waals surface area (Å²) in [5, 5.41) is 3.12. The van der Waals surface area contributed by atoms with Crippen molar-refractivity contribution >= 4 is 50.5 Å². The molecule has 1 aromatic carbocycles. The molecule has 1 N–H and O–H groups in total. The van der Waals surface area contributed by atoms with E-state index in [0.29, 0.717) is 26.3 Å². The first-order valence-electron chi connectivity index (χ1n) is 6.03. The number of anilines is 1. The number of halogens is 2. The second kappa shape index (κ2) is 5.42. The zero-order chi connectivity index (χ0) is 15.0. The third-order valence-electron chi connectivity index (χ3n) is 3.04. The average molecular weight is 364 g/mol. The lowest BCUT2D eigenvalue weighted by Crippen LogP contribution is -2.06. The highest BCUT2D eigenvalue weighted by atomic mass is 79.9. The number of benzene rings is 1. The number of nitrogens with one attached hydrogen (secondary N) is 1. The number of amides is 1. The molecular formula is C15H8BrClN2O2. The molecule has 0 saturated heterocycles. The van der Waals surface area contributed by atoms with Crippen molar-refractivity contribution in [3.8, 4) is 0 Å². The summed E-state index contributed by atoms with van der Waals surface area (Å²) in [6, 6.07) is 6.81. The molecule has 2 heterocycles. The van der Waals surface area contributed by atoms with Gasteiger partial charge in [-0.05, 0) is 40.2 Å². The van der Waals surface area contributed by atoms with Crippen LogP contribution in [0.25, 0.3) is 5.57 Å². The van der Waals surface area contributed by atoms with Gasteiger partial charge in [-0.15, -0.1) is 0 Å². The van der Waals surface area contributed by atoms with Gasteiger partial charge < -0.3 is 5.32 Å². The van der Waals surface area contributed by atoms with Crippen LogP contribution in [0.4, 0.5) is 5.69 Å². The van der Waals surface area contributed by atoms with Crippen LogP contribution in [-0.2, 0) is 4.79 Å². The molecular weight excluding hydrogens is 356 g/mol. The Bertz CT molecular complexity index is 802. The number of carbonyl (C=O) groups excluding carboxylic acids is 2. The summed E-state index contributed by atoms with van der Waals surface area (Å²) in [4.78, 5) is 28.2. The highest BCUT2D eigenvalue weighted by Crippen LogP contribution is 2.37. The van der Waals surface area contributed by atoms with Gasteiger partial charge in [0.25, 0.3) is 5.91 Å². The molecule has 0 atom stereocenters. The van der Waals surface area contributed by atoms with Crippen LogP contribution in [0.15, 0.2) is 47.2 Å². The first kappa shape index (κ1) is 14.0. The van der Waals surface area contributed by atoms with Crippen molar-refractivity contribution in [2.45, 2.75) is 0 Å². The van der Waals surface area contributed by atoms with E-state index in [1.165, 1.54) is 12.3 Å². The molecule has 0 radical (unpaired) electrons. The van der Waals surface area contributed by atoms with E-state index in [9.17, 15) is 9.59 Å². The highest BCUT2D eigenvalue weighted by molar-refractivity contribution is 9.10. The third kappa shape index (κ3) is 2.62. The van der Waals surface area contributed by atoms with Gasteiger partial charge in [-0.3, -0.25) is 14.6 Å². The average Bonchev–Trinajstić information content (AvgIpc) is 2.76. The number of hydrogen-bond acceptors (Lipinski definition) is 3. The van der Waals surface area contributed by atoms with Gasteiger partial charge in [-0.1, -0.05) is 17.7 Å². The lowest BCUT2D eigenvalue weighted by molar-refractivity contribution is -0.110. The van der Waals surface area contributed by atoms with Crippen molar-refractivity contribution in [2.75, 3.05) is 5.32 Å². The standard InChI is InChI=1S/C15H8BrClN2O2/c16-9-4-8(6-18-7-9)13(20)5-10-14-11(17)2-1-3-12(14)19-15(10)21/h1-7H,(H,19,21)/b10-5-. The van der Waals surface area contributed by atoms with Crippen LogP contribution in [0.3, 0.4) is 0 Å². The van der Waals surface area contributed by atoms with Crippen LogP contribution in [-0.4, -0.2) is 16.7 Å². The summed E-state index contributed by atoms with van der Waals surface area (Å²) in [7, 11) is 0. The lowest BCUT2D eigenvalue weighted by Gasteiger charge is -2.01. The predicted molar refractivity (Wildman–Crippen MR) is 84.3 cm³/mol. The number of nitrogens with zero attached hydrogens (tertiary/aromatic N) is 1. The van der Waals surface area contributed by atoms with Crippen LogP contribution < -0.4 is 5.32 Å². The Kier molecular flexibility index (Phi) is 3.61. The summed E-state index contributed by atoms with van der Waals surface area (Å²) in [5.74, 6) is -0.642. The molecule has 4 nitrogen and oxygen atoms in total. The minimum Gasteiger partial charge on any atom is -0.321 e. The van der Waals surface area contributed by atoms with E-state index in [-0.39, 0.29) is 17.3 Å². The Morgan fingerprint density at radius 3 is 2.90 bits per heavy atom. The molecule has 1 aliphatic rings. The van der Waals surface area contributed by atoms with Crippen molar-refractivity contribution in [1.29, 1.82) is 0 Å². The Morgan fingerprint density at radius 1 is 1.33 bits per heavy atom. The van der Waals surface area contributed by atoms with Crippen molar-refractivity contribution < 1.29 is 9.59 Å². The van der Waals surface area contributed by atoms with E-state index in [4.69, 9.17) is 11.6 Å². The summed E-state index contributed by atoms with van der Waals surface area (Å²) in [6.45, 7) is 0. The van der Waals surface area contributed by atoms with E-state index in [1.54, 1.807) is 30.5 Å². The summed E-state index contributed by atoms with van der Waals surface area (Å²) in [5.41, 5.74) is 1.82. The van der Waals surface area contributed by atoms with Gasteiger partial charge in [0.1, 0.15) is 0 Å². The largest absolute Gasteiger partial charge is 0.321 e. The van der Waals surface area contributed by atoms with E-state index in [0.717, 1.165) is 0 Å². The SMILES string of the molecule is O=C1Nc2cccc(Cl)c2/C1=C/C(=O)c1cncc(Br)c1. The quantitative estimate of drug-likeness (QED) is 0.653. The summed E-state index contributed by atoms with van der Waals surface area (Å²) in [6.07, 6.45) is 4.32. The Balaban J connectivity index is 2.05. The molecule has 1 aromatic heterocycles. The van der Waals surface area contributed by atoms with Gasteiger partial charge in [0.05, 0.1) is 16.3 Å². The van der Waals surface area contributed by atoms with Crippen LogP contribution in [0.1, 0.15) is 15.9 Å². The smallest absolute Gasteiger partial charge is 0.256 e. The van der Waals surface area contributed by atoms with Gasteiger partial charge in [0, 0.05) is 28.0 Å². The number of rotatable bonds is 2. The van der Waals surface area contributed by atoms with E-state index in [1.807, 2.05) is 0 Å². The van der Waals surface area contributed by atoms with E-state index in [2.05, 4.69) is 26.2 Å². The first-order valence-corrected chi connectivity index (χ1v) is 7.20. The van der Waals surface area contributed by atoms with Crippen molar-refractivity contribution in [3.63, 3.8) is 0 Å². The molecule has 0 fully saturated rings. The molecule has 3 rings (SSSR count). The second-order valence-electron chi connectivity index (χ2n) is 4.43. The second-order valence-corrected chi connectivity index (χ2v) is 5.75. The van der Waals surface area contributed by atoms with Crippen molar-refractivity contribution in [3.05, 3.63) is 63.4 Å². The maximum absolute atomic E-state index is 12.3. The molecule has 2 aromatic rings. The minimum atomic E-state index is -0.339. The molecule has 21 heavy (non-hydrogen) atoms. The van der Waals surface area contributed by atoms with Crippen LogP contribution in [0.2, 0.25) is 5.02 Å². The molecule has 0 unspecified atom stereocenters. The Hall–Kier alpha value is -1.98. The monoisotopic (exact) mass is 362 g/mol. The molecule has 0 aliphatic carbocycles. The minimum absolute atomic E-state index is 0.264. The molecule has 0 spiro atoms. The van der Waals surface area contributed by atoms with Crippen LogP contribution in [0.5, 0.6) is 0 Å². The van der Waals surface area contributed by atoms with Gasteiger partial charge in [-0.2, -0.15) is 0 Å². The molecule has 1 aliphatic heterocycles. The topological polar surface area (TPSA) is 59.1 Å². The first-order chi connectivity index (χ1) is 10.1. The predicted octanol–water partition coefficient (Wildman–Crippen LogP) is 3.72. The number of aromatic nitrogens is 1. The fourth-order valence-corrected chi connectivity index (χ4v) is 2.75. The van der Waals surface area contributed by atoms with Crippen LogP contribution in [0, 0.1) is 0 Å². The van der Waals surface area contributed by atoms with E-state index < -0.39 is 0 Å². The lowest BCUT2D eigenvalue weighted by atomic mass is 10.0. The maximum atomic E-state index is 12.3. The van der Waals surface area contributed by atoms with Crippen molar-refractivity contribution in [1.82, 2.24) is 4.98 Å². The Labute approximate surface area is 134 Å². The normalized spacial score (nSPS) is 15.0. The summed E-state index contributed by atoms with van der Waals surface area (Å²) < 4.78 is 0.695. The fourth-order valence-electron chi connectivity index (χ4n) is 2.10. The molecule has 6 heteroatoms. The number of ketones is 1. The summed E-state index contributed by atoms with van der Waals surface area (Å²) >= 11 is 9.38. The number of pyridine rings is 1. The zero-order valence-corrected chi connectivity index (χ0v) is 12.9. The molecule has 0 bridgehead atoms. The van der Waals surface area contributed by atoms with Gasteiger partial charge in [0.2, 0.25) is 0 Å². The van der Waals surface area contributed by atoms with Gasteiger partial charge >= 0.3 is 0 Å². The fraction of sp³-hybridized carbons (Fsp3) is 0. The van der Waals surface area contributed by atoms with Gasteiger partial charge in [-0.25, -0.2) is 0 Å². The molecule has 1 amide bonds. The number of carbonyl (C=O) groups is 2.